The first kappa shape index (κ1) is 18.1. The molecule has 2 aromatic rings. The molecule has 0 atom stereocenters. The quantitative estimate of drug-likeness (QED) is 0.806. The van der Waals surface area contributed by atoms with Gasteiger partial charge in [-0.1, -0.05) is 43.6 Å². The van der Waals surface area contributed by atoms with Gasteiger partial charge in [0.05, 0.1) is 11.1 Å². The minimum atomic E-state index is -0.414. The Labute approximate surface area is 156 Å². The van der Waals surface area contributed by atoms with E-state index in [1.165, 1.54) is 12.1 Å². The van der Waals surface area contributed by atoms with Gasteiger partial charge in [-0.15, -0.1) is 0 Å². The van der Waals surface area contributed by atoms with Crippen molar-refractivity contribution in [3.63, 3.8) is 0 Å². The highest BCUT2D eigenvalue weighted by molar-refractivity contribution is 6.32. The van der Waals surface area contributed by atoms with E-state index in [1.807, 2.05) is 24.3 Å². The first-order chi connectivity index (χ1) is 12.4. The zero-order valence-corrected chi connectivity index (χ0v) is 15.3. The van der Waals surface area contributed by atoms with Crippen molar-refractivity contribution in [2.45, 2.75) is 26.2 Å². The second kappa shape index (κ2) is 7.30. The predicted octanol–water partition coefficient (Wildman–Crippen LogP) is 4.09. The van der Waals surface area contributed by atoms with E-state index in [2.05, 4.69) is 19.2 Å². The normalized spacial score (nSPS) is 13.3. The fourth-order valence-corrected chi connectivity index (χ4v) is 3.18. The van der Waals surface area contributed by atoms with Gasteiger partial charge in [-0.05, 0) is 35.7 Å². The number of para-hydroxylation sites is 1. The fourth-order valence-electron chi connectivity index (χ4n) is 3.01. The Kier molecular flexibility index (Phi) is 5.09. The fraction of sp³-hybridized carbons (Fsp3) is 0.250. The lowest BCUT2D eigenvalue weighted by molar-refractivity contribution is -0.116. The largest absolute Gasteiger partial charge is 0.326 e. The van der Waals surface area contributed by atoms with Crippen LogP contribution in [0.3, 0.4) is 0 Å². The molecule has 3 rings (SSSR count). The zero-order valence-electron chi connectivity index (χ0n) is 14.6. The molecule has 1 aliphatic rings. The SMILES string of the molecule is CC(C)c1ccccc1NC(=O)CCN1C(=O)c2ccc(Cl)cc2C1=O. The van der Waals surface area contributed by atoms with E-state index in [4.69, 9.17) is 11.6 Å². The number of imide groups is 1. The molecule has 0 bridgehead atoms. The van der Waals surface area contributed by atoms with Crippen LogP contribution in [0.15, 0.2) is 42.5 Å². The molecular weight excluding hydrogens is 352 g/mol. The minimum absolute atomic E-state index is 0.0274. The zero-order chi connectivity index (χ0) is 18.8. The van der Waals surface area contributed by atoms with Crippen LogP contribution in [0.2, 0.25) is 5.02 Å². The second-order valence-corrected chi connectivity index (χ2v) is 6.93. The van der Waals surface area contributed by atoms with Gasteiger partial charge >= 0.3 is 0 Å². The van der Waals surface area contributed by atoms with E-state index in [1.54, 1.807) is 6.07 Å². The molecule has 1 N–H and O–H groups in total. The molecule has 134 valence electrons. The highest BCUT2D eigenvalue weighted by Crippen LogP contribution is 2.26. The highest BCUT2D eigenvalue weighted by atomic mass is 35.5. The van der Waals surface area contributed by atoms with Crippen molar-refractivity contribution in [2.24, 2.45) is 0 Å². The van der Waals surface area contributed by atoms with Crippen molar-refractivity contribution < 1.29 is 14.4 Å². The molecule has 1 aliphatic heterocycles. The molecular formula is C20H19ClN2O3. The van der Waals surface area contributed by atoms with E-state index in [-0.39, 0.29) is 30.4 Å². The standard InChI is InChI=1S/C20H19ClN2O3/c1-12(2)14-5-3-4-6-17(14)22-18(24)9-10-23-19(25)15-8-7-13(21)11-16(15)20(23)26/h3-8,11-12H,9-10H2,1-2H3,(H,22,24). The molecule has 0 saturated carbocycles. The summed E-state index contributed by atoms with van der Waals surface area (Å²) in [5, 5.41) is 3.26. The van der Waals surface area contributed by atoms with Gasteiger partial charge in [0.2, 0.25) is 5.91 Å². The van der Waals surface area contributed by atoms with E-state index in [0.717, 1.165) is 16.2 Å². The number of fused-ring (bicyclic) bond motifs is 1. The molecule has 3 amide bonds. The Morgan fingerprint density at radius 3 is 2.50 bits per heavy atom. The summed E-state index contributed by atoms with van der Waals surface area (Å²) >= 11 is 5.90. The maximum absolute atomic E-state index is 12.4. The maximum Gasteiger partial charge on any atom is 0.261 e. The van der Waals surface area contributed by atoms with Crippen molar-refractivity contribution in [2.75, 3.05) is 11.9 Å². The van der Waals surface area contributed by atoms with Gasteiger partial charge in [-0.3, -0.25) is 19.3 Å². The molecule has 6 heteroatoms. The number of amides is 3. The topological polar surface area (TPSA) is 66.5 Å². The van der Waals surface area contributed by atoms with Crippen LogP contribution in [-0.2, 0) is 4.79 Å². The van der Waals surface area contributed by atoms with Crippen LogP contribution < -0.4 is 5.32 Å². The molecule has 0 unspecified atom stereocenters. The van der Waals surface area contributed by atoms with Gasteiger partial charge < -0.3 is 5.32 Å². The van der Waals surface area contributed by atoms with Crippen LogP contribution in [0.5, 0.6) is 0 Å². The van der Waals surface area contributed by atoms with Crippen molar-refractivity contribution in [3.8, 4) is 0 Å². The number of halogens is 1. The molecule has 26 heavy (non-hydrogen) atoms. The molecule has 0 spiro atoms. The predicted molar refractivity (Wildman–Crippen MR) is 101 cm³/mol. The summed E-state index contributed by atoms with van der Waals surface area (Å²) in [7, 11) is 0. The smallest absolute Gasteiger partial charge is 0.261 e. The number of nitrogens with one attached hydrogen (secondary N) is 1. The van der Waals surface area contributed by atoms with Gasteiger partial charge in [0.25, 0.3) is 11.8 Å². The van der Waals surface area contributed by atoms with Crippen LogP contribution in [0.25, 0.3) is 0 Å². The van der Waals surface area contributed by atoms with E-state index < -0.39 is 11.8 Å². The molecule has 0 aliphatic carbocycles. The Balaban J connectivity index is 1.66. The summed E-state index contributed by atoms with van der Waals surface area (Å²) in [5.41, 5.74) is 2.40. The van der Waals surface area contributed by atoms with E-state index in [0.29, 0.717) is 10.6 Å². The molecule has 5 nitrogen and oxygen atoms in total. The lowest BCUT2D eigenvalue weighted by Crippen LogP contribution is -2.33. The van der Waals surface area contributed by atoms with Crippen molar-refractivity contribution >= 4 is 35.0 Å². The lowest BCUT2D eigenvalue weighted by atomic mass is 10.0. The minimum Gasteiger partial charge on any atom is -0.326 e. The summed E-state index contributed by atoms with van der Waals surface area (Å²) in [6.45, 7) is 4.13. The van der Waals surface area contributed by atoms with E-state index in [9.17, 15) is 14.4 Å². The molecule has 0 aromatic heterocycles. The molecule has 1 heterocycles. The Hall–Kier alpha value is -2.66. The first-order valence-electron chi connectivity index (χ1n) is 8.43. The number of carbonyl (C=O) groups is 3. The monoisotopic (exact) mass is 370 g/mol. The Bertz CT molecular complexity index is 892. The number of hydrogen-bond acceptors (Lipinski definition) is 3. The van der Waals surface area contributed by atoms with Crippen LogP contribution in [0.4, 0.5) is 5.69 Å². The third-order valence-corrected chi connectivity index (χ3v) is 4.59. The van der Waals surface area contributed by atoms with Crippen LogP contribution in [0.1, 0.15) is 52.5 Å². The van der Waals surface area contributed by atoms with Gasteiger partial charge in [0.15, 0.2) is 0 Å². The summed E-state index contributed by atoms with van der Waals surface area (Å²) < 4.78 is 0. The van der Waals surface area contributed by atoms with Gasteiger partial charge in [-0.2, -0.15) is 0 Å². The van der Waals surface area contributed by atoms with Crippen molar-refractivity contribution in [3.05, 3.63) is 64.2 Å². The Morgan fingerprint density at radius 1 is 1.08 bits per heavy atom. The van der Waals surface area contributed by atoms with Crippen LogP contribution in [0, 0.1) is 0 Å². The van der Waals surface area contributed by atoms with Gasteiger partial charge in [0, 0.05) is 23.7 Å². The second-order valence-electron chi connectivity index (χ2n) is 6.49. The third kappa shape index (κ3) is 3.48. The average molecular weight is 371 g/mol. The number of hydrogen-bond donors (Lipinski definition) is 1. The summed E-state index contributed by atoms with van der Waals surface area (Å²) in [5.74, 6) is -0.778. The maximum atomic E-state index is 12.4. The molecule has 0 fully saturated rings. The van der Waals surface area contributed by atoms with Crippen molar-refractivity contribution in [1.82, 2.24) is 4.90 Å². The third-order valence-electron chi connectivity index (χ3n) is 4.35. The number of benzene rings is 2. The molecule has 0 radical (unpaired) electrons. The molecule has 0 saturated heterocycles. The number of nitrogens with zero attached hydrogens (tertiary/aromatic N) is 1. The van der Waals surface area contributed by atoms with Gasteiger partial charge in [0.1, 0.15) is 0 Å². The average Bonchev–Trinajstić information content (AvgIpc) is 2.83. The Morgan fingerprint density at radius 2 is 1.77 bits per heavy atom. The number of rotatable bonds is 5. The van der Waals surface area contributed by atoms with Gasteiger partial charge in [-0.25, -0.2) is 0 Å². The highest BCUT2D eigenvalue weighted by Gasteiger charge is 2.35. The lowest BCUT2D eigenvalue weighted by Gasteiger charge is -2.16. The van der Waals surface area contributed by atoms with Crippen molar-refractivity contribution in [1.29, 1.82) is 0 Å². The number of anilines is 1. The summed E-state index contributed by atoms with van der Waals surface area (Å²) in [6, 6.07) is 12.2. The van der Waals surface area contributed by atoms with E-state index >= 15 is 0 Å². The first-order valence-corrected chi connectivity index (χ1v) is 8.81. The molecule has 2 aromatic carbocycles. The summed E-state index contributed by atoms with van der Waals surface area (Å²) in [6.07, 6.45) is 0.0334. The van der Waals surface area contributed by atoms with Crippen LogP contribution >= 0.6 is 11.6 Å². The number of carbonyl (C=O) groups excluding carboxylic acids is 3. The summed E-state index contributed by atoms with van der Waals surface area (Å²) in [4.78, 5) is 38.1. The van der Waals surface area contributed by atoms with Crippen LogP contribution in [-0.4, -0.2) is 29.2 Å².